The molecular formula is C18H25N3O4. The van der Waals surface area contributed by atoms with E-state index < -0.39 is 11.1 Å². The lowest BCUT2D eigenvalue weighted by Crippen LogP contribution is -2.54. The minimum atomic E-state index is -0.545. The molecule has 1 aromatic rings. The van der Waals surface area contributed by atoms with Crippen LogP contribution in [-0.4, -0.2) is 57.6 Å². The van der Waals surface area contributed by atoms with Crippen molar-refractivity contribution in [2.24, 2.45) is 0 Å². The molecule has 0 aliphatic carbocycles. The molecule has 25 heavy (non-hydrogen) atoms. The quantitative estimate of drug-likeness (QED) is 0.864. The third-order valence-electron chi connectivity index (χ3n) is 5.21. The molecule has 0 unspecified atom stereocenters. The van der Waals surface area contributed by atoms with Gasteiger partial charge in [-0.1, -0.05) is 0 Å². The second-order valence-electron chi connectivity index (χ2n) is 7.46. The molecular weight excluding hydrogens is 322 g/mol. The Hall–Kier alpha value is -2.15. The number of aromatic nitrogens is 1. The van der Waals surface area contributed by atoms with Gasteiger partial charge in [0, 0.05) is 26.2 Å². The number of rotatable bonds is 3. The zero-order chi connectivity index (χ0) is 18.2. The maximum absolute atomic E-state index is 13.1. The van der Waals surface area contributed by atoms with Crippen LogP contribution in [0, 0.1) is 0 Å². The van der Waals surface area contributed by atoms with E-state index in [4.69, 9.17) is 4.74 Å². The van der Waals surface area contributed by atoms with Crippen LogP contribution in [-0.2, 0) is 9.53 Å². The van der Waals surface area contributed by atoms with Gasteiger partial charge in [-0.15, -0.1) is 0 Å². The summed E-state index contributed by atoms with van der Waals surface area (Å²) in [5.41, 5.74) is -0.919. The van der Waals surface area contributed by atoms with Gasteiger partial charge in [0.15, 0.2) is 5.69 Å². The fourth-order valence-electron chi connectivity index (χ4n) is 4.30. The number of amides is 2. The van der Waals surface area contributed by atoms with E-state index >= 15 is 0 Å². The maximum Gasteiger partial charge on any atom is 0.276 e. The largest absolute Gasteiger partial charge is 0.505 e. The van der Waals surface area contributed by atoms with E-state index in [1.54, 1.807) is 18.0 Å². The summed E-state index contributed by atoms with van der Waals surface area (Å²) in [6.07, 6.45) is 3.59. The molecule has 0 saturated carbocycles. The number of carbonyl (C=O) groups excluding carboxylic acids is 2. The van der Waals surface area contributed by atoms with Crippen LogP contribution in [0.5, 0.6) is 5.75 Å². The normalized spacial score (nSPS) is 27.6. The number of nitrogens with one attached hydrogen (secondary N) is 1. The average molecular weight is 347 g/mol. The van der Waals surface area contributed by atoms with Crippen molar-refractivity contribution in [2.75, 3.05) is 13.6 Å². The number of carbonyl (C=O) groups is 2. The lowest BCUT2D eigenvalue weighted by Gasteiger charge is -2.38. The van der Waals surface area contributed by atoms with Crippen molar-refractivity contribution in [1.82, 2.24) is 15.2 Å². The Kier molecular flexibility index (Phi) is 4.45. The van der Waals surface area contributed by atoms with Crippen LogP contribution in [0.25, 0.3) is 0 Å². The van der Waals surface area contributed by atoms with Crippen molar-refractivity contribution in [1.29, 1.82) is 0 Å². The van der Waals surface area contributed by atoms with E-state index in [-0.39, 0.29) is 35.8 Å². The van der Waals surface area contributed by atoms with E-state index in [1.165, 1.54) is 12.3 Å². The highest BCUT2D eigenvalue weighted by Crippen LogP contribution is 2.49. The molecule has 2 aliphatic rings. The molecule has 2 N–H and O–H groups in total. The Bertz CT molecular complexity index is 691. The molecule has 3 heterocycles. The Balaban J connectivity index is 1.95. The van der Waals surface area contributed by atoms with Gasteiger partial charge in [0.1, 0.15) is 5.75 Å². The Morgan fingerprint density at radius 3 is 2.92 bits per heavy atom. The number of ether oxygens (including phenoxy) is 1. The van der Waals surface area contributed by atoms with Crippen molar-refractivity contribution in [3.63, 3.8) is 0 Å². The van der Waals surface area contributed by atoms with Gasteiger partial charge in [-0.3, -0.25) is 9.59 Å². The summed E-state index contributed by atoms with van der Waals surface area (Å²) in [6, 6.07) is 3.04. The van der Waals surface area contributed by atoms with Crippen molar-refractivity contribution in [3.8, 4) is 5.75 Å². The zero-order valence-electron chi connectivity index (χ0n) is 14.9. The molecule has 7 nitrogen and oxygen atoms in total. The van der Waals surface area contributed by atoms with Crippen molar-refractivity contribution in [2.45, 2.75) is 56.8 Å². The number of nitrogens with zero attached hydrogens (tertiary/aromatic N) is 2. The topological polar surface area (TPSA) is 91.8 Å². The van der Waals surface area contributed by atoms with Gasteiger partial charge < -0.3 is 20.1 Å². The summed E-state index contributed by atoms with van der Waals surface area (Å²) < 4.78 is 6.17. The maximum atomic E-state index is 13.1. The van der Waals surface area contributed by atoms with Gasteiger partial charge in [-0.2, -0.15) is 0 Å². The van der Waals surface area contributed by atoms with Gasteiger partial charge in [-0.05, 0) is 38.8 Å². The number of pyridine rings is 1. The smallest absolute Gasteiger partial charge is 0.276 e. The minimum absolute atomic E-state index is 0.0483. The average Bonchev–Trinajstić information content (AvgIpc) is 3.08. The monoisotopic (exact) mass is 347 g/mol. The standard InChI is InChI=1S/C18H25N3O4/c1-17(2)11-18(13(25-17)10-14(23)19-3)7-5-9-21(18)16(24)15-12(22)6-4-8-20-15/h4,6,8,13,22H,5,7,9-11H2,1-3H3,(H,19,23)/t13-,18+/m0/s1. The first kappa shape index (κ1) is 17.7. The molecule has 1 spiro atoms. The molecule has 136 valence electrons. The highest BCUT2D eigenvalue weighted by atomic mass is 16.5. The Morgan fingerprint density at radius 2 is 2.24 bits per heavy atom. The molecule has 3 rings (SSSR count). The lowest BCUT2D eigenvalue weighted by atomic mass is 9.82. The predicted octanol–water partition coefficient (Wildman–Crippen LogP) is 1.47. The van der Waals surface area contributed by atoms with Gasteiger partial charge in [0.25, 0.3) is 5.91 Å². The molecule has 2 aliphatic heterocycles. The third kappa shape index (κ3) is 3.08. The summed E-state index contributed by atoms with van der Waals surface area (Å²) >= 11 is 0. The number of hydrogen-bond donors (Lipinski definition) is 2. The van der Waals surface area contributed by atoms with Crippen LogP contribution in [0.3, 0.4) is 0 Å². The van der Waals surface area contributed by atoms with Crippen LogP contribution in [0.15, 0.2) is 18.3 Å². The van der Waals surface area contributed by atoms with Crippen LogP contribution >= 0.6 is 0 Å². The van der Waals surface area contributed by atoms with E-state index in [1.807, 2.05) is 13.8 Å². The highest BCUT2D eigenvalue weighted by molar-refractivity contribution is 5.95. The first-order chi connectivity index (χ1) is 11.8. The summed E-state index contributed by atoms with van der Waals surface area (Å²) in [5.74, 6) is -0.545. The van der Waals surface area contributed by atoms with Crippen LogP contribution in [0.4, 0.5) is 0 Å². The molecule has 7 heteroatoms. The summed E-state index contributed by atoms with van der Waals surface area (Å²) in [6.45, 7) is 4.54. The van der Waals surface area contributed by atoms with E-state index in [2.05, 4.69) is 10.3 Å². The van der Waals surface area contributed by atoms with Crippen molar-refractivity contribution < 1.29 is 19.4 Å². The van der Waals surface area contributed by atoms with Gasteiger partial charge >= 0.3 is 0 Å². The number of likely N-dealkylation sites (tertiary alicyclic amines) is 1. The van der Waals surface area contributed by atoms with E-state index in [0.717, 1.165) is 12.8 Å². The van der Waals surface area contributed by atoms with Crippen molar-refractivity contribution >= 4 is 11.8 Å². The molecule has 2 atom stereocenters. The molecule has 2 saturated heterocycles. The number of hydrogen-bond acceptors (Lipinski definition) is 5. The molecule has 2 fully saturated rings. The molecule has 2 amide bonds. The molecule has 0 aromatic carbocycles. The van der Waals surface area contributed by atoms with Gasteiger partial charge in [-0.25, -0.2) is 4.98 Å². The second kappa shape index (κ2) is 6.29. The van der Waals surface area contributed by atoms with Crippen molar-refractivity contribution in [3.05, 3.63) is 24.0 Å². The summed E-state index contributed by atoms with van der Waals surface area (Å²) in [4.78, 5) is 30.9. The first-order valence-electron chi connectivity index (χ1n) is 8.63. The first-order valence-corrected chi connectivity index (χ1v) is 8.63. The summed E-state index contributed by atoms with van der Waals surface area (Å²) in [5, 5.41) is 12.7. The summed E-state index contributed by atoms with van der Waals surface area (Å²) in [7, 11) is 1.60. The van der Waals surface area contributed by atoms with Gasteiger partial charge in [0.05, 0.1) is 23.7 Å². The number of aromatic hydroxyl groups is 1. The van der Waals surface area contributed by atoms with Crippen LogP contribution < -0.4 is 5.32 Å². The SMILES string of the molecule is CNC(=O)C[C@@H]1OC(C)(C)C[C@]12CCCN2C(=O)c1ncccc1O. The Morgan fingerprint density at radius 1 is 1.48 bits per heavy atom. The lowest BCUT2D eigenvalue weighted by molar-refractivity contribution is -0.126. The predicted molar refractivity (Wildman–Crippen MR) is 91.2 cm³/mol. The fraction of sp³-hybridized carbons (Fsp3) is 0.611. The van der Waals surface area contributed by atoms with Crippen LogP contribution in [0.1, 0.15) is 50.0 Å². The third-order valence-corrected chi connectivity index (χ3v) is 5.21. The highest BCUT2D eigenvalue weighted by Gasteiger charge is 2.58. The molecule has 0 radical (unpaired) electrons. The zero-order valence-corrected chi connectivity index (χ0v) is 14.9. The minimum Gasteiger partial charge on any atom is -0.505 e. The second-order valence-corrected chi connectivity index (χ2v) is 7.46. The van der Waals surface area contributed by atoms with Crippen LogP contribution in [0.2, 0.25) is 0 Å². The Labute approximate surface area is 147 Å². The molecule has 1 aromatic heterocycles. The fourth-order valence-corrected chi connectivity index (χ4v) is 4.30. The van der Waals surface area contributed by atoms with Gasteiger partial charge in [0.2, 0.25) is 5.91 Å². The van der Waals surface area contributed by atoms with E-state index in [9.17, 15) is 14.7 Å². The van der Waals surface area contributed by atoms with E-state index in [0.29, 0.717) is 13.0 Å². The molecule has 0 bridgehead atoms.